The highest BCUT2D eigenvalue weighted by Gasteiger charge is 2.21. The molecule has 0 spiro atoms. The Morgan fingerprint density at radius 1 is 1.56 bits per heavy atom. The molecule has 0 saturated carbocycles. The van der Waals surface area contributed by atoms with Crippen molar-refractivity contribution in [3.05, 3.63) is 29.3 Å². The van der Waals surface area contributed by atoms with Gasteiger partial charge in [-0.2, -0.15) is 0 Å². The molecule has 0 aromatic heterocycles. The quantitative estimate of drug-likeness (QED) is 0.829. The first-order valence-corrected chi connectivity index (χ1v) is 6.33. The first-order valence-electron chi connectivity index (χ1n) is 6.33. The van der Waals surface area contributed by atoms with E-state index >= 15 is 0 Å². The summed E-state index contributed by atoms with van der Waals surface area (Å²) in [5.41, 5.74) is 8.38. The minimum absolute atomic E-state index is 0.136. The van der Waals surface area contributed by atoms with E-state index < -0.39 is 6.10 Å². The lowest BCUT2D eigenvalue weighted by molar-refractivity contribution is -0.150. The monoisotopic (exact) mass is 249 g/mol. The first kappa shape index (κ1) is 12.9. The molecule has 4 heteroatoms. The Morgan fingerprint density at radius 2 is 2.33 bits per heavy atom. The molecular weight excluding hydrogens is 230 g/mol. The lowest BCUT2D eigenvalue weighted by Gasteiger charge is -2.14. The molecule has 1 aromatic rings. The summed E-state index contributed by atoms with van der Waals surface area (Å²) in [7, 11) is 0. The van der Waals surface area contributed by atoms with Crippen molar-refractivity contribution in [3.8, 4) is 5.75 Å². The molecule has 0 radical (unpaired) electrons. The maximum atomic E-state index is 11.5. The van der Waals surface area contributed by atoms with Gasteiger partial charge in [0.2, 0.25) is 0 Å². The van der Waals surface area contributed by atoms with Crippen molar-refractivity contribution >= 4 is 5.97 Å². The Labute approximate surface area is 107 Å². The highest BCUT2D eigenvalue weighted by atomic mass is 16.6. The number of nitrogens with two attached hydrogens (primary N) is 1. The predicted octanol–water partition coefficient (Wildman–Crippen LogP) is 1.96. The maximum Gasteiger partial charge on any atom is 0.347 e. The van der Waals surface area contributed by atoms with Gasteiger partial charge in [-0.25, -0.2) is 4.79 Å². The van der Waals surface area contributed by atoms with E-state index in [1.807, 2.05) is 18.2 Å². The molecule has 98 valence electrons. The highest BCUT2D eigenvalue weighted by molar-refractivity contribution is 5.74. The fourth-order valence-electron chi connectivity index (χ4n) is 2.21. The number of esters is 1. The molecule has 18 heavy (non-hydrogen) atoms. The minimum Gasteiger partial charge on any atom is -0.479 e. The zero-order chi connectivity index (χ0) is 13.1. The van der Waals surface area contributed by atoms with Gasteiger partial charge < -0.3 is 15.2 Å². The van der Waals surface area contributed by atoms with Gasteiger partial charge in [0.05, 0.1) is 6.61 Å². The van der Waals surface area contributed by atoms with Crippen molar-refractivity contribution in [3.63, 3.8) is 0 Å². The molecule has 0 aliphatic heterocycles. The normalized spacial score (nSPS) is 19.2. The van der Waals surface area contributed by atoms with Crippen LogP contribution in [0.1, 0.15) is 37.4 Å². The third kappa shape index (κ3) is 2.64. The van der Waals surface area contributed by atoms with Crippen LogP contribution >= 0.6 is 0 Å². The lowest BCUT2D eigenvalue weighted by atomic mass is 10.1. The largest absolute Gasteiger partial charge is 0.479 e. The summed E-state index contributed by atoms with van der Waals surface area (Å²) in [6.45, 7) is 3.84. The van der Waals surface area contributed by atoms with E-state index in [-0.39, 0.29) is 12.0 Å². The SMILES string of the molecule is CCOC(=O)C(C)Oc1ccc2c(c1)CC[C@H]2N. The van der Waals surface area contributed by atoms with Gasteiger partial charge in [0.25, 0.3) is 0 Å². The second kappa shape index (κ2) is 5.40. The smallest absolute Gasteiger partial charge is 0.347 e. The summed E-state index contributed by atoms with van der Waals surface area (Å²) >= 11 is 0. The van der Waals surface area contributed by atoms with E-state index in [2.05, 4.69) is 0 Å². The number of carbonyl (C=O) groups excluding carboxylic acids is 1. The van der Waals surface area contributed by atoms with Crippen LogP contribution in [0.15, 0.2) is 18.2 Å². The Balaban J connectivity index is 2.05. The first-order chi connectivity index (χ1) is 8.61. The number of rotatable bonds is 4. The van der Waals surface area contributed by atoms with E-state index in [0.717, 1.165) is 12.8 Å². The minimum atomic E-state index is -0.585. The van der Waals surface area contributed by atoms with E-state index in [1.165, 1.54) is 11.1 Å². The van der Waals surface area contributed by atoms with Crippen molar-refractivity contribution in [2.75, 3.05) is 6.61 Å². The molecule has 0 fully saturated rings. The van der Waals surface area contributed by atoms with Crippen LogP contribution in [-0.2, 0) is 16.0 Å². The number of aryl methyl sites for hydroxylation is 1. The number of fused-ring (bicyclic) bond motifs is 1. The molecule has 1 aliphatic carbocycles. The van der Waals surface area contributed by atoms with Crippen molar-refractivity contribution in [2.24, 2.45) is 5.73 Å². The summed E-state index contributed by atoms with van der Waals surface area (Å²) in [6, 6.07) is 5.95. The topological polar surface area (TPSA) is 61.5 Å². The van der Waals surface area contributed by atoms with Crippen LogP contribution in [0.3, 0.4) is 0 Å². The van der Waals surface area contributed by atoms with E-state index in [0.29, 0.717) is 12.4 Å². The van der Waals surface area contributed by atoms with Gasteiger partial charge in [-0.3, -0.25) is 0 Å². The highest BCUT2D eigenvalue weighted by Crippen LogP contribution is 2.32. The Hall–Kier alpha value is -1.55. The summed E-state index contributed by atoms with van der Waals surface area (Å²) in [5.74, 6) is 0.359. The van der Waals surface area contributed by atoms with E-state index in [9.17, 15) is 4.79 Å². The fraction of sp³-hybridized carbons (Fsp3) is 0.500. The van der Waals surface area contributed by atoms with E-state index in [4.69, 9.17) is 15.2 Å². The van der Waals surface area contributed by atoms with Crippen LogP contribution in [0.4, 0.5) is 0 Å². The predicted molar refractivity (Wildman–Crippen MR) is 68.4 cm³/mol. The summed E-state index contributed by atoms with van der Waals surface area (Å²) in [4.78, 5) is 11.5. The molecule has 0 amide bonds. The van der Waals surface area contributed by atoms with Gasteiger partial charge in [-0.05, 0) is 49.9 Å². The van der Waals surface area contributed by atoms with Crippen LogP contribution in [0.2, 0.25) is 0 Å². The number of hydrogen-bond acceptors (Lipinski definition) is 4. The average molecular weight is 249 g/mol. The number of carbonyl (C=O) groups is 1. The Kier molecular flexibility index (Phi) is 3.87. The molecule has 4 nitrogen and oxygen atoms in total. The van der Waals surface area contributed by atoms with Gasteiger partial charge in [0.1, 0.15) is 5.75 Å². The van der Waals surface area contributed by atoms with Gasteiger partial charge in [0, 0.05) is 6.04 Å². The lowest BCUT2D eigenvalue weighted by Crippen LogP contribution is -2.26. The molecule has 1 unspecified atom stereocenters. The molecular formula is C14H19NO3. The molecule has 1 aliphatic rings. The third-order valence-electron chi connectivity index (χ3n) is 3.17. The van der Waals surface area contributed by atoms with Crippen molar-refractivity contribution in [1.29, 1.82) is 0 Å². The second-order valence-electron chi connectivity index (χ2n) is 4.52. The van der Waals surface area contributed by atoms with Crippen LogP contribution in [0, 0.1) is 0 Å². The van der Waals surface area contributed by atoms with Crippen LogP contribution in [0.5, 0.6) is 5.75 Å². The number of ether oxygens (including phenoxy) is 2. The van der Waals surface area contributed by atoms with Crippen molar-refractivity contribution in [2.45, 2.75) is 38.8 Å². The summed E-state index contributed by atoms with van der Waals surface area (Å²) < 4.78 is 10.5. The van der Waals surface area contributed by atoms with Crippen LogP contribution < -0.4 is 10.5 Å². The maximum absolute atomic E-state index is 11.5. The number of hydrogen-bond donors (Lipinski definition) is 1. The molecule has 2 atom stereocenters. The summed E-state index contributed by atoms with van der Waals surface area (Å²) in [6.07, 6.45) is 1.37. The summed E-state index contributed by atoms with van der Waals surface area (Å²) in [5, 5.41) is 0. The van der Waals surface area contributed by atoms with Gasteiger partial charge in [-0.15, -0.1) is 0 Å². The number of benzene rings is 1. The van der Waals surface area contributed by atoms with Crippen LogP contribution in [0.25, 0.3) is 0 Å². The second-order valence-corrected chi connectivity index (χ2v) is 4.52. The van der Waals surface area contributed by atoms with Gasteiger partial charge >= 0.3 is 5.97 Å². The molecule has 2 rings (SSSR count). The van der Waals surface area contributed by atoms with Crippen molar-refractivity contribution < 1.29 is 14.3 Å². The zero-order valence-electron chi connectivity index (χ0n) is 10.8. The van der Waals surface area contributed by atoms with Crippen LogP contribution in [-0.4, -0.2) is 18.7 Å². The molecule has 0 saturated heterocycles. The Bertz CT molecular complexity index is 445. The molecule has 2 N–H and O–H groups in total. The zero-order valence-corrected chi connectivity index (χ0v) is 10.8. The Morgan fingerprint density at radius 3 is 3.06 bits per heavy atom. The van der Waals surface area contributed by atoms with Gasteiger partial charge in [-0.1, -0.05) is 6.07 Å². The molecule has 1 aromatic carbocycles. The van der Waals surface area contributed by atoms with E-state index in [1.54, 1.807) is 13.8 Å². The standard InChI is InChI=1S/C14H19NO3/c1-3-17-14(16)9(2)18-11-5-6-12-10(8-11)4-7-13(12)15/h5-6,8-9,13H,3-4,7,15H2,1-2H3/t9?,13-/m1/s1. The third-order valence-corrected chi connectivity index (χ3v) is 3.17. The average Bonchev–Trinajstić information content (AvgIpc) is 2.71. The molecule has 0 heterocycles. The molecule has 0 bridgehead atoms. The van der Waals surface area contributed by atoms with Gasteiger partial charge in [0.15, 0.2) is 6.10 Å². The van der Waals surface area contributed by atoms with Crippen molar-refractivity contribution in [1.82, 2.24) is 0 Å². The fourth-order valence-corrected chi connectivity index (χ4v) is 2.21.